The monoisotopic (exact) mass is 791 g/mol. The number of hydrogen-bond acceptors (Lipinski definition) is 4. The molecule has 1 spiro atoms. The van der Waals surface area contributed by atoms with Crippen LogP contribution in [0.2, 0.25) is 0 Å². The van der Waals surface area contributed by atoms with E-state index in [1.807, 2.05) is 12.3 Å². The Bertz CT molecular complexity index is 3310. The van der Waals surface area contributed by atoms with Gasteiger partial charge in [0.25, 0.3) is 0 Å². The van der Waals surface area contributed by atoms with E-state index in [-0.39, 0.29) is 0 Å². The Hall–Kier alpha value is -8.21. The lowest BCUT2D eigenvalue weighted by Crippen LogP contribution is -2.32. The number of para-hydroxylation sites is 4. The zero-order valence-electron chi connectivity index (χ0n) is 33.6. The van der Waals surface area contributed by atoms with Gasteiger partial charge in [-0.25, -0.2) is 4.98 Å². The van der Waals surface area contributed by atoms with Crippen LogP contribution in [-0.2, 0) is 5.41 Å². The molecular weight excluding hydrogens is 755 g/mol. The molecule has 2 aliphatic carbocycles. The summed E-state index contributed by atoms with van der Waals surface area (Å²) in [5, 5.41) is 4.52. The second-order valence-corrected chi connectivity index (χ2v) is 16.3. The largest absolute Gasteiger partial charge is 0.437 e. The SMILES string of the molecule is c1ccc(N(c2ccccc2)c2ccc3c(c2)C2(c4cc(N(c5ccccc5)c5ccccc5)ccc4-3)c3ccc4c(oc5ncccc54)c3-c3cccc4cccc2c34)cc1. The summed E-state index contributed by atoms with van der Waals surface area (Å²) in [5.74, 6) is 0. The number of hydrogen-bond donors (Lipinski definition) is 0. The van der Waals surface area contributed by atoms with Crippen molar-refractivity contribution < 1.29 is 4.42 Å². The summed E-state index contributed by atoms with van der Waals surface area (Å²) in [6.07, 6.45) is 1.82. The maximum absolute atomic E-state index is 6.90. The van der Waals surface area contributed by atoms with Crippen molar-refractivity contribution in [3.8, 4) is 22.3 Å². The Balaban J connectivity index is 1.18. The van der Waals surface area contributed by atoms with E-state index in [9.17, 15) is 0 Å². The van der Waals surface area contributed by atoms with Crippen molar-refractivity contribution in [2.75, 3.05) is 9.80 Å². The number of anilines is 6. The average molecular weight is 792 g/mol. The summed E-state index contributed by atoms with van der Waals surface area (Å²) in [7, 11) is 0. The third-order valence-corrected chi connectivity index (χ3v) is 13.1. The first-order valence-corrected chi connectivity index (χ1v) is 21.2. The van der Waals surface area contributed by atoms with Gasteiger partial charge in [-0.15, -0.1) is 0 Å². The van der Waals surface area contributed by atoms with Crippen molar-refractivity contribution >= 4 is 67.0 Å². The van der Waals surface area contributed by atoms with E-state index < -0.39 is 5.41 Å². The topological polar surface area (TPSA) is 32.5 Å². The fraction of sp³-hybridized carbons (Fsp3) is 0.0172. The molecule has 0 saturated heterocycles. The molecule has 0 radical (unpaired) electrons. The highest BCUT2D eigenvalue weighted by atomic mass is 16.3. The van der Waals surface area contributed by atoms with E-state index in [4.69, 9.17) is 9.40 Å². The molecule has 0 amide bonds. The minimum atomic E-state index is -0.738. The van der Waals surface area contributed by atoms with Crippen molar-refractivity contribution in [2.45, 2.75) is 5.41 Å². The molecule has 2 aromatic heterocycles. The van der Waals surface area contributed by atoms with Crippen LogP contribution in [0.3, 0.4) is 0 Å². The molecule has 13 rings (SSSR count). The van der Waals surface area contributed by atoms with Gasteiger partial charge in [0.05, 0.1) is 5.41 Å². The molecule has 0 atom stereocenters. The van der Waals surface area contributed by atoms with Gasteiger partial charge in [0, 0.05) is 56.7 Å². The van der Waals surface area contributed by atoms with Crippen molar-refractivity contribution in [2.24, 2.45) is 0 Å². The van der Waals surface area contributed by atoms with Gasteiger partial charge in [0.2, 0.25) is 5.71 Å². The lowest BCUT2D eigenvalue weighted by Gasteiger charge is -2.40. The van der Waals surface area contributed by atoms with E-state index in [2.05, 4.69) is 222 Å². The van der Waals surface area contributed by atoms with Crippen molar-refractivity contribution in [3.05, 3.63) is 247 Å². The van der Waals surface area contributed by atoms with Gasteiger partial charge in [-0.05, 0) is 135 Å². The molecule has 62 heavy (non-hydrogen) atoms. The zero-order chi connectivity index (χ0) is 40.8. The first-order valence-electron chi connectivity index (χ1n) is 21.2. The standard InChI is InChI=1S/C58H37N3O/c1-5-18-39(19-6-1)60(40-20-7-2-8-21-40)43-29-31-45-46-32-30-44(61(41-22-9-3-10-23-41)42-24-11-4-12-25-42)37-53(46)58(52(45)36-43)50-28-14-17-38-16-13-26-49(54(38)50)55-51(58)34-33-47-48-27-15-35-59-57(48)62-56(47)55/h1-37H. The first kappa shape index (κ1) is 34.6. The van der Waals surface area contributed by atoms with Gasteiger partial charge >= 0.3 is 0 Å². The van der Waals surface area contributed by atoms with Gasteiger partial charge < -0.3 is 14.2 Å². The molecule has 9 aromatic carbocycles. The van der Waals surface area contributed by atoms with Crippen LogP contribution in [0, 0.1) is 0 Å². The summed E-state index contributed by atoms with van der Waals surface area (Å²) >= 11 is 0. The molecule has 0 saturated carbocycles. The highest BCUT2D eigenvalue weighted by molar-refractivity contribution is 6.16. The van der Waals surface area contributed by atoms with E-state index in [0.717, 1.165) is 56.0 Å². The van der Waals surface area contributed by atoms with E-state index in [1.165, 1.54) is 49.7 Å². The summed E-state index contributed by atoms with van der Waals surface area (Å²) in [5.41, 5.74) is 17.0. The highest BCUT2D eigenvalue weighted by Crippen LogP contribution is 2.64. The quantitative estimate of drug-likeness (QED) is 0.168. The van der Waals surface area contributed by atoms with Crippen LogP contribution in [0.15, 0.2) is 229 Å². The third-order valence-electron chi connectivity index (χ3n) is 13.1. The summed E-state index contributed by atoms with van der Waals surface area (Å²) < 4.78 is 6.90. The number of pyridine rings is 1. The number of fused-ring (bicyclic) bond motifs is 13. The van der Waals surface area contributed by atoms with Crippen LogP contribution in [0.5, 0.6) is 0 Å². The van der Waals surface area contributed by atoms with Crippen LogP contribution in [0.1, 0.15) is 22.3 Å². The third kappa shape index (κ3) is 4.86. The number of benzene rings is 9. The molecule has 0 bridgehead atoms. The van der Waals surface area contributed by atoms with Crippen LogP contribution in [-0.4, -0.2) is 4.98 Å². The van der Waals surface area contributed by atoms with Crippen molar-refractivity contribution in [1.29, 1.82) is 0 Å². The predicted molar refractivity (Wildman–Crippen MR) is 255 cm³/mol. The predicted octanol–water partition coefficient (Wildman–Crippen LogP) is 15.4. The van der Waals surface area contributed by atoms with E-state index >= 15 is 0 Å². The molecular formula is C58H37N3O. The summed E-state index contributed by atoms with van der Waals surface area (Å²) in [6.45, 7) is 0. The van der Waals surface area contributed by atoms with Crippen LogP contribution in [0.25, 0.3) is 55.1 Å². The fourth-order valence-corrected chi connectivity index (χ4v) is 10.6. The molecule has 4 nitrogen and oxygen atoms in total. The van der Waals surface area contributed by atoms with Crippen LogP contribution < -0.4 is 9.80 Å². The first-order chi connectivity index (χ1) is 30.8. The highest BCUT2D eigenvalue weighted by Gasteiger charge is 2.51. The summed E-state index contributed by atoms with van der Waals surface area (Å²) in [6, 6.07) is 79.4. The normalized spacial score (nSPS) is 13.0. The van der Waals surface area contributed by atoms with E-state index in [0.29, 0.717) is 5.71 Å². The number of furan rings is 1. The lowest BCUT2D eigenvalue weighted by atomic mass is 9.61. The lowest BCUT2D eigenvalue weighted by molar-refractivity contribution is 0.652. The van der Waals surface area contributed by atoms with Gasteiger partial charge in [-0.1, -0.05) is 133 Å². The van der Waals surface area contributed by atoms with Gasteiger partial charge in [0.15, 0.2) is 0 Å². The average Bonchev–Trinajstić information content (AvgIpc) is 3.85. The molecule has 11 aromatic rings. The Kier molecular flexibility index (Phi) is 7.49. The smallest absolute Gasteiger partial charge is 0.227 e. The number of rotatable bonds is 6. The maximum Gasteiger partial charge on any atom is 0.227 e. The minimum absolute atomic E-state index is 0.649. The Labute approximate surface area is 359 Å². The van der Waals surface area contributed by atoms with Gasteiger partial charge in [-0.2, -0.15) is 0 Å². The number of aromatic nitrogens is 1. The summed E-state index contributed by atoms with van der Waals surface area (Å²) in [4.78, 5) is 9.47. The van der Waals surface area contributed by atoms with Crippen molar-refractivity contribution in [3.63, 3.8) is 0 Å². The van der Waals surface area contributed by atoms with Crippen molar-refractivity contribution in [1.82, 2.24) is 4.98 Å². The maximum atomic E-state index is 6.90. The molecule has 0 unspecified atom stereocenters. The molecule has 2 aliphatic rings. The minimum Gasteiger partial charge on any atom is -0.437 e. The molecule has 0 aliphatic heterocycles. The Morgan fingerprint density at radius 3 is 1.45 bits per heavy atom. The molecule has 0 N–H and O–H groups in total. The zero-order valence-corrected chi connectivity index (χ0v) is 33.6. The van der Waals surface area contributed by atoms with Crippen LogP contribution in [0.4, 0.5) is 34.1 Å². The van der Waals surface area contributed by atoms with Crippen LogP contribution >= 0.6 is 0 Å². The molecule has 290 valence electrons. The molecule has 2 heterocycles. The van der Waals surface area contributed by atoms with Gasteiger partial charge in [-0.3, -0.25) is 0 Å². The fourth-order valence-electron chi connectivity index (χ4n) is 10.6. The molecule has 4 heteroatoms. The number of nitrogens with zero attached hydrogens (tertiary/aromatic N) is 3. The Morgan fingerprint density at radius 2 is 0.903 bits per heavy atom. The second kappa shape index (κ2) is 13.4. The second-order valence-electron chi connectivity index (χ2n) is 16.3. The molecule has 0 fully saturated rings. The van der Waals surface area contributed by atoms with Gasteiger partial charge in [0.1, 0.15) is 5.58 Å². The Morgan fingerprint density at radius 1 is 0.371 bits per heavy atom. The van der Waals surface area contributed by atoms with E-state index in [1.54, 1.807) is 0 Å².